The van der Waals surface area contributed by atoms with E-state index in [-0.39, 0.29) is 10.6 Å². The van der Waals surface area contributed by atoms with Crippen LogP contribution >= 0.6 is 0 Å². The molecule has 0 radical (unpaired) electrons. The maximum Gasteiger partial charge on any atom is 0.272 e. The van der Waals surface area contributed by atoms with Crippen molar-refractivity contribution >= 4 is 5.69 Å². The summed E-state index contributed by atoms with van der Waals surface area (Å²) in [7, 11) is 0. The molecule has 0 saturated carbocycles. The Labute approximate surface area is 120 Å². The summed E-state index contributed by atoms with van der Waals surface area (Å²) in [6, 6.07) is 5.06. The summed E-state index contributed by atoms with van der Waals surface area (Å²) in [6.07, 6.45) is 0.716. The van der Waals surface area contributed by atoms with E-state index in [1.54, 1.807) is 19.9 Å². The molecule has 1 aromatic rings. The molecular weight excluding hydrogens is 256 g/mol. The van der Waals surface area contributed by atoms with Crippen LogP contribution in [0.2, 0.25) is 0 Å². The molecule has 2 N–H and O–H groups in total. The first kappa shape index (κ1) is 16.6. The monoisotopic (exact) mass is 280 g/mol. The van der Waals surface area contributed by atoms with Crippen LogP contribution in [0.5, 0.6) is 0 Å². The first-order chi connectivity index (χ1) is 9.23. The minimum atomic E-state index is -0.761. The fraction of sp³-hybridized carbons (Fsp3) is 0.600. The Morgan fingerprint density at radius 1 is 1.45 bits per heavy atom. The van der Waals surface area contributed by atoms with Crippen LogP contribution in [0.3, 0.4) is 0 Å². The fourth-order valence-electron chi connectivity index (χ4n) is 2.48. The number of nitrogens with zero attached hydrogens (tertiary/aromatic N) is 1. The highest BCUT2D eigenvalue weighted by molar-refractivity contribution is 5.44. The van der Waals surface area contributed by atoms with Gasteiger partial charge in [0.15, 0.2) is 0 Å². The van der Waals surface area contributed by atoms with E-state index in [1.807, 2.05) is 6.07 Å². The van der Waals surface area contributed by atoms with E-state index in [2.05, 4.69) is 19.2 Å². The van der Waals surface area contributed by atoms with Crippen LogP contribution in [0.15, 0.2) is 18.2 Å². The van der Waals surface area contributed by atoms with Crippen molar-refractivity contribution in [2.45, 2.75) is 46.3 Å². The zero-order valence-corrected chi connectivity index (χ0v) is 12.6. The molecule has 0 saturated heterocycles. The lowest BCUT2D eigenvalue weighted by atomic mass is 9.94. The summed E-state index contributed by atoms with van der Waals surface area (Å²) >= 11 is 0. The number of benzene rings is 1. The normalized spacial score (nSPS) is 14.3. The summed E-state index contributed by atoms with van der Waals surface area (Å²) < 4.78 is 0. The molecule has 0 aromatic heterocycles. The molecular formula is C15H24N2O3. The van der Waals surface area contributed by atoms with Gasteiger partial charge in [-0.25, -0.2) is 0 Å². The number of hydrogen-bond donors (Lipinski definition) is 2. The zero-order valence-electron chi connectivity index (χ0n) is 12.6. The molecule has 0 amide bonds. The van der Waals surface area contributed by atoms with E-state index in [4.69, 9.17) is 0 Å². The average molecular weight is 280 g/mol. The molecule has 1 aromatic carbocycles. The van der Waals surface area contributed by atoms with Crippen molar-refractivity contribution in [3.63, 3.8) is 0 Å². The van der Waals surface area contributed by atoms with Crippen LogP contribution in [0, 0.1) is 23.0 Å². The molecule has 1 unspecified atom stereocenters. The zero-order chi connectivity index (χ0) is 15.3. The predicted octanol–water partition coefficient (Wildman–Crippen LogP) is 2.79. The highest BCUT2D eigenvalue weighted by Crippen LogP contribution is 2.21. The van der Waals surface area contributed by atoms with Gasteiger partial charge < -0.3 is 10.4 Å². The Balaban J connectivity index is 2.63. The summed E-state index contributed by atoms with van der Waals surface area (Å²) in [4.78, 5) is 10.5. The van der Waals surface area contributed by atoms with Gasteiger partial charge in [0.05, 0.1) is 10.5 Å². The average Bonchev–Trinajstić information content (AvgIpc) is 2.29. The smallest absolute Gasteiger partial charge is 0.272 e. The van der Waals surface area contributed by atoms with Crippen molar-refractivity contribution in [3.8, 4) is 0 Å². The van der Waals surface area contributed by atoms with Crippen molar-refractivity contribution < 1.29 is 10.0 Å². The molecule has 0 aliphatic heterocycles. The molecule has 5 heteroatoms. The molecule has 0 heterocycles. The van der Waals surface area contributed by atoms with Crippen LogP contribution in [0.25, 0.3) is 0 Å². The molecule has 0 aliphatic carbocycles. The van der Waals surface area contributed by atoms with Crippen molar-refractivity contribution in [1.29, 1.82) is 0 Å². The second-order valence-electron chi connectivity index (χ2n) is 6.02. The Morgan fingerprint density at radius 3 is 2.65 bits per heavy atom. The van der Waals surface area contributed by atoms with Crippen molar-refractivity contribution in [1.82, 2.24) is 5.32 Å². The summed E-state index contributed by atoms with van der Waals surface area (Å²) in [5, 5.41) is 24.3. The lowest BCUT2D eigenvalue weighted by molar-refractivity contribution is -0.385. The topological polar surface area (TPSA) is 75.4 Å². The van der Waals surface area contributed by atoms with Crippen molar-refractivity contribution in [2.75, 3.05) is 6.54 Å². The SMILES string of the molecule is Cc1c(CNCC(C)(O)CC(C)C)cccc1[N+](=O)[O-]. The molecule has 0 spiro atoms. The number of nitro groups is 1. The molecule has 20 heavy (non-hydrogen) atoms. The van der Waals surface area contributed by atoms with Crippen LogP contribution < -0.4 is 5.32 Å². The highest BCUT2D eigenvalue weighted by Gasteiger charge is 2.21. The van der Waals surface area contributed by atoms with Crippen molar-refractivity contribution in [3.05, 3.63) is 39.4 Å². The maximum atomic E-state index is 10.9. The Kier molecular flexibility index (Phi) is 5.65. The first-order valence-corrected chi connectivity index (χ1v) is 6.89. The standard InChI is InChI=1S/C15H24N2O3/c1-11(2)8-15(4,18)10-16-9-13-6-5-7-14(12(13)3)17(19)20/h5-7,11,16,18H,8-10H2,1-4H3. The fourth-order valence-corrected chi connectivity index (χ4v) is 2.48. The van der Waals surface area contributed by atoms with Gasteiger partial charge in [0, 0.05) is 24.7 Å². The number of aliphatic hydroxyl groups is 1. The van der Waals surface area contributed by atoms with Crippen LogP contribution in [-0.4, -0.2) is 22.2 Å². The second-order valence-corrected chi connectivity index (χ2v) is 6.02. The van der Waals surface area contributed by atoms with Crippen LogP contribution in [0.4, 0.5) is 5.69 Å². The molecule has 0 bridgehead atoms. The van der Waals surface area contributed by atoms with Crippen LogP contribution in [-0.2, 0) is 6.54 Å². The summed E-state index contributed by atoms with van der Waals surface area (Å²) in [6.45, 7) is 8.68. The second kappa shape index (κ2) is 6.81. The molecule has 112 valence electrons. The van der Waals surface area contributed by atoms with Gasteiger partial charge in [-0.2, -0.15) is 0 Å². The molecule has 0 fully saturated rings. The lowest BCUT2D eigenvalue weighted by Crippen LogP contribution is -2.38. The number of nitrogens with one attached hydrogen (secondary N) is 1. The minimum absolute atomic E-state index is 0.137. The Bertz CT molecular complexity index is 470. The Morgan fingerprint density at radius 2 is 2.10 bits per heavy atom. The van der Waals surface area contributed by atoms with Gasteiger partial charge in [-0.15, -0.1) is 0 Å². The van der Waals surface area contributed by atoms with Crippen LogP contribution in [0.1, 0.15) is 38.3 Å². The molecule has 1 atom stereocenters. The van der Waals surface area contributed by atoms with Gasteiger partial charge in [-0.05, 0) is 31.7 Å². The summed E-state index contributed by atoms with van der Waals surface area (Å²) in [5.74, 6) is 0.423. The van der Waals surface area contributed by atoms with E-state index in [1.165, 1.54) is 6.07 Å². The van der Waals surface area contributed by atoms with E-state index in [0.717, 1.165) is 5.56 Å². The van der Waals surface area contributed by atoms with Gasteiger partial charge in [-0.3, -0.25) is 10.1 Å². The van der Waals surface area contributed by atoms with Gasteiger partial charge in [-0.1, -0.05) is 26.0 Å². The van der Waals surface area contributed by atoms with E-state index in [9.17, 15) is 15.2 Å². The first-order valence-electron chi connectivity index (χ1n) is 6.89. The molecule has 5 nitrogen and oxygen atoms in total. The Hall–Kier alpha value is -1.46. The van der Waals surface area contributed by atoms with Gasteiger partial charge >= 0.3 is 0 Å². The van der Waals surface area contributed by atoms with Gasteiger partial charge in [0.2, 0.25) is 0 Å². The maximum absolute atomic E-state index is 10.9. The third kappa shape index (κ3) is 4.90. The molecule has 1 rings (SSSR count). The number of hydrogen-bond acceptors (Lipinski definition) is 4. The third-order valence-corrected chi connectivity index (χ3v) is 3.28. The third-order valence-electron chi connectivity index (χ3n) is 3.28. The largest absolute Gasteiger partial charge is 0.389 e. The van der Waals surface area contributed by atoms with E-state index < -0.39 is 5.60 Å². The minimum Gasteiger partial charge on any atom is -0.389 e. The van der Waals surface area contributed by atoms with Gasteiger partial charge in [0.25, 0.3) is 5.69 Å². The lowest BCUT2D eigenvalue weighted by Gasteiger charge is -2.25. The molecule has 0 aliphatic rings. The summed E-state index contributed by atoms with van der Waals surface area (Å²) in [5.41, 5.74) is 0.939. The van der Waals surface area contributed by atoms with E-state index in [0.29, 0.717) is 31.0 Å². The van der Waals surface area contributed by atoms with E-state index >= 15 is 0 Å². The van der Waals surface area contributed by atoms with Crippen molar-refractivity contribution in [2.24, 2.45) is 5.92 Å². The predicted molar refractivity (Wildman–Crippen MR) is 79.6 cm³/mol. The number of nitro benzene ring substituents is 1. The quantitative estimate of drug-likeness (QED) is 0.595. The number of rotatable bonds is 7. The highest BCUT2D eigenvalue weighted by atomic mass is 16.6. The van der Waals surface area contributed by atoms with Gasteiger partial charge in [0.1, 0.15) is 0 Å².